The number of rotatable bonds is 4. The van der Waals surface area contributed by atoms with Crippen molar-refractivity contribution in [2.45, 2.75) is 32.1 Å². The molecule has 0 amide bonds. The summed E-state index contributed by atoms with van der Waals surface area (Å²) in [6.07, 6.45) is 2.30. The number of aryl methyl sites for hydroxylation is 1. The second-order valence-corrected chi connectivity index (χ2v) is 5.16. The topological polar surface area (TPSA) is 0 Å². The van der Waals surface area contributed by atoms with Crippen molar-refractivity contribution in [1.29, 1.82) is 0 Å². The fourth-order valence-electron chi connectivity index (χ4n) is 2.08. The normalized spacial score (nSPS) is 11.4. The first-order valence-electron chi connectivity index (χ1n) is 6.19. The quantitative estimate of drug-likeness (QED) is 0.720. The lowest BCUT2D eigenvalue weighted by Crippen LogP contribution is -2.17. The van der Waals surface area contributed by atoms with E-state index in [1.54, 1.807) is 0 Å². The maximum absolute atomic E-state index is 3.08. The third kappa shape index (κ3) is 3.20. The molecular weight excluding hydrogens is 204 g/mol. The van der Waals surface area contributed by atoms with Crippen LogP contribution in [0.4, 0.5) is 0 Å². The van der Waals surface area contributed by atoms with Gasteiger partial charge in [-0.3, -0.25) is 0 Å². The minimum atomic E-state index is 0.227. The molecule has 0 fully saturated rings. The Bertz CT molecular complexity index is 440. The predicted octanol–water partition coefficient (Wildman–Crippen LogP) is 4.40. The zero-order valence-electron chi connectivity index (χ0n) is 10.6. The van der Waals surface area contributed by atoms with Crippen LogP contribution < -0.4 is 0 Å². The van der Waals surface area contributed by atoms with Crippen LogP contribution in [-0.2, 0) is 11.8 Å². The summed E-state index contributed by atoms with van der Waals surface area (Å²) < 4.78 is 0. The van der Waals surface area contributed by atoms with Crippen LogP contribution in [0.1, 0.15) is 31.4 Å². The fourth-order valence-corrected chi connectivity index (χ4v) is 2.08. The molecule has 0 aliphatic rings. The lowest BCUT2D eigenvalue weighted by Gasteiger charge is -2.25. The van der Waals surface area contributed by atoms with Crippen molar-refractivity contribution in [1.82, 2.24) is 0 Å². The molecule has 1 radical (unpaired) electrons. The van der Waals surface area contributed by atoms with Gasteiger partial charge in [-0.15, -0.1) is 0 Å². The number of benzene rings is 2. The average Bonchev–Trinajstić information content (AvgIpc) is 2.39. The first kappa shape index (κ1) is 11.9. The van der Waals surface area contributed by atoms with Gasteiger partial charge in [0.15, 0.2) is 0 Å². The van der Waals surface area contributed by atoms with E-state index < -0.39 is 0 Å². The van der Waals surface area contributed by atoms with Gasteiger partial charge in [0.05, 0.1) is 0 Å². The molecule has 0 aliphatic carbocycles. The predicted molar refractivity (Wildman–Crippen MR) is 73.1 cm³/mol. The molecule has 0 aromatic heterocycles. The van der Waals surface area contributed by atoms with Gasteiger partial charge in [0.2, 0.25) is 0 Å². The Labute approximate surface area is 104 Å². The summed E-state index contributed by atoms with van der Waals surface area (Å²) in [5, 5.41) is 0. The third-order valence-electron chi connectivity index (χ3n) is 3.38. The fraction of sp³-hybridized carbons (Fsp3) is 0.294. The minimum absolute atomic E-state index is 0.227. The zero-order chi connectivity index (χ0) is 12.1. The van der Waals surface area contributed by atoms with E-state index in [9.17, 15) is 0 Å². The van der Waals surface area contributed by atoms with E-state index in [0.29, 0.717) is 0 Å². The van der Waals surface area contributed by atoms with Gasteiger partial charge in [0, 0.05) is 0 Å². The zero-order valence-corrected chi connectivity index (χ0v) is 10.6. The minimum Gasteiger partial charge on any atom is -0.0622 e. The standard InChI is InChI=1S/C17H19/c1-17(2,16-11-7-4-8-12-16)14-13-15-9-5-3-6-10-15/h3,5-12H,13-14H2,1-2H3. The lowest BCUT2D eigenvalue weighted by molar-refractivity contribution is 0.480. The Kier molecular flexibility index (Phi) is 3.63. The van der Waals surface area contributed by atoms with Crippen LogP contribution in [0, 0.1) is 6.07 Å². The maximum atomic E-state index is 3.08. The molecule has 0 nitrogen and oxygen atoms in total. The second-order valence-electron chi connectivity index (χ2n) is 5.16. The summed E-state index contributed by atoms with van der Waals surface area (Å²) in [6, 6.07) is 22.1. The first-order chi connectivity index (χ1) is 8.18. The highest BCUT2D eigenvalue weighted by atomic mass is 14.2. The van der Waals surface area contributed by atoms with Crippen LogP contribution in [0.5, 0.6) is 0 Å². The Morgan fingerprint density at radius 2 is 1.59 bits per heavy atom. The van der Waals surface area contributed by atoms with Crippen molar-refractivity contribution in [3.8, 4) is 0 Å². The molecule has 0 aliphatic heterocycles. The number of hydrogen-bond donors (Lipinski definition) is 0. The summed E-state index contributed by atoms with van der Waals surface area (Å²) in [5.74, 6) is 0. The number of hydrogen-bond acceptors (Lipinski definition) is 0. The van der Waals surface area contributed by atoms with Crippen LogP contribution in [0.15, 0.2) is 54.6 Å². The van der Waals surface area contributed by atoms with Crippen molar-refractivity contribution < 1.29 is 0 Å². The summed E-state index contributed by atoms with van der Waals surface area (Å²) in [6.45, 7) is 4.62. The SMILES string of the molecule is CC(C)(CCc1ccccc1)c1cc[c]cc1. The largest absolute Gasteiger partial charge is 0.0622 e. The molecule has 0 heterocycles. The van der Waals surface area contributed by atoms with Crippen LogP contribution in [0.3, 0.4) is 0 Å². The molecular formula is C17H19. The van der Waals surface area contributed by atoms with Gasteiger partial charge in [-0.05, 0) is 35.4 Å². The summed E-state index contributed by atoms with van der Waals surface area (Å²) in [4.78, 5) is 0. The monoisotopic (exact) mass is 223 g/mol. The van der Waals surface area contributed by atoms with E-state index in [0.717, 1.165) is 6.42 Å². The van der Waals surface area contributed by atoms with Crippen LogP contribution in [0.25, 0.3) is 0 Å². The summed E-state index contributed by atoms with van der Waals surface area (Å²) in [7, 11) is 0. The molecule has 2 rings (SSSR count). The van der Waals surface area contributed by atoms with Crippen LogP contribution in [-0.4, -0.2) is 0 Å². The van der Waals surface area contributed by atoms with Gasteiger partial charge in [-0.1, -0.05) is 68.4 Å². The molecule has 2 aromatic carbocycles. The Morgan fingerprint density at radius 3 is 2.24 bits per heavy atom. The Balaban J connectivity index is 2.03. The summed E-state index contributed by atoms with van der Waals surface area (Å²) in [5.41, 5.74) is 3.04. The van der Waals surface area contributed by atoms with Gasteiger partial charge in [0.25, 0.3) is 0 Å². The van der Waals surface area contributed by atoms with Crippen molar-refractivity contribution in [2.75, 3.05) is 0 Å². The average molecular weight is 223 g/mol. The molecule has 87 valence electrons. The summed E-state index contributed by atoms with van der Waals surface area (Å²) >= 11 is 0. The molecule has 0 unspecified atom stereocenters. The molecule has 0 saturated heterocycles. The molecule has 2 aromatic rings. The van der Waals surface area contributed by atoms with Gasteiger partial charge >= 0.3 is 0 Å². The molecule has 0 heteroatoms. The van der Waals surface area contributed by atoms with Crippen molar-refractivity contribution >= 4 is 0 Å². The van der Waals surface area contributed by atoms with E-state index in [4.69, 9.17) is 0 Å². The molecule has 0 bridgehead atoms. The van der Waals surface area contributed by atoms with Gasteiger partial charge in [0.1, 0.15) is 0 Å². The Hall–Kier alpha value is -1.56. The van der Waals surface area contributed by atoms with E-state index in [1.165, 1.54) is 17.5 Å². The molecule has 0 spiro atoms. The maximum Gasteiger partial charge on any atom is -0.0100 e. The first-order valence-corrected chi connectivity index (χ1v) is 6.19. The van der Waals surface area contributed by atoms with Crippen molar-refractivity contribution in [2.24, 2.45) is 0 Å². The van der Waals surface area contributed by atoms with Crippen LogP contribution >= 0.6 is 0 Å². The molecule has 0 atom stereocenters. The van der Waals surface area contributed by atoms with E-state index in [-0.39, 0.29) is 5.41 Å². The second kappa shape index (κ2) is 5.18. The highest BCUT2D eigenvalue weighted by molar-refractivity contribution is 5.24. The van der Waals surface area contributed by atoms with Gasteiger partial charge in [-0.25, -0.2) is 0 Å². The highest BCUT2D eigenvalue weighted by Crippen LogP contribution is 2.28. The third-order valence-corrected chi connectivity index (χ3v) is 3.38. The van der Waals surface area contributed by atoms with Crippen molar-refractivity contribution in [3.05, 3.63) is 71.8 Å². The van der Waals surface area contributed by atoms with E-state index in [2.05, 4.69) is 62.4 Å². The van der Waals surface area contributed by atoms with E-state index in [1.807, 2.05) is 12.1 Å². The Morgan fingerprint density at radius 1 is 0.941 bits per heavy atom. The molecule has 17 heavy (non-hydrogen) atoms. The smallest absolute Gasteiger partial charge is 0.0100 e. The van der Waals surface area contributed by atoms with Crippen molar-refractivity contribution in [3.63, 3.8) is 0 Å². The highest BCUT2D eigenvalue weighted by Gasteiger charge is 2.19. The van der Waals surface area contributed by atoms with Gasteiger partial charge in [-0.2, -0.15) is 0 Å². The van der Waals surface area contributed by atoms with Crippen LogP contribution in [0.2, 0.25) is 0 Å². The van der Waals surface area contributed by atoms with Gasteiger partial charge < -0.3 is 0 Å². The van der Waals surface area contributed by atoms with E-state index >= 15 is 0 Å². The lowest BCUT2D eigenvalue weighted by atomic mass is 9.80. The molecule has 0 saturated carbocycles. The molecule has 0 N–H and O–H groups in total.